The maximum Gasteiger partial charge on any atom is 0.299 e. The molecule has 5 nitrogen and oxygen atoms in total. The summed E-state index contributed by atoms with van der Waals surface area (Å²) in [5.74, 6) is -1.04. The Kier molecular flexibility index (Phi) is 3.37. The highest BCUT2D eigenvalue weighted by Gasteiger charge is 2.36. The monoisotopic (exact) mass is 367 g/mol. The minimum Gasteiger partial charge on any atom is -0.299 e. The number of aromatic nitrogens is 2. The number of anilines is 1. The van der Waals surface area contributed by atoms with E-state index in [-0.39, 0.29) is 6.54 Å². The van der Waals surface area contributed by atoms with Gasteiger partial charge in [-0.25, -0.2) is 0 Å². The Bertz CT molecular complexity index is 785. The van der Waals surface area contributed by atoms with Crippen molar-refractivity contribution in [2.45, 2.75) is 13.5 Å². The molecule has 0 N–H and O–H groups in total. The summed E-state index contributed by atoms with van der Waals surface area (Å²) in [6, 6.07) is 5.15. The third-order valence-electron chi connectivity index (χ3n) is 3.50. The van der Waals surface area contributed by atoms with Gasteiger partial charge in [-0.05, 0) is 25.1 Å². The lowest BCUT2D eigenvalue weighted by molar-refractivity contribution is -0.114. The number of nitrogens with zero attached hydrogens (tertiary/aromatic N) is 3. The van der Waals surface area contributed by atoms with Crippen LogP contribution in [0.5, 0.6) is 0 Å². The zero-order chi connectivity index (χ0) is 15.3. The first kappa shape index (κ1) is 14.3. The molecule has 1 amide bonds. The van der Waals surface area contributed by atoms with Crippen LogP contribution in [0, 0.1) is 6.92 Å². The molecule has 108 valence electrons. The Hall–Kier alpha value is -1.66. The molecule has 0 atom stereocenters. The number of aryl methyl sites for hydroxylation is 2. The van der Waals surface area contributed by atoms with Crippen LogP contribution in [0.3, 0.4) is 0 Å². The fourth-order valence-corrected chi connectivity index (χ4v) is 2.99. The summed E-state index contributed by atoms with van der Waals surface area (Å²) in [4.78, 5) is 25.7. The topological polar surface area (TPSA) is 55.2 Å². The van der Waals surface area contributed by atoms with Crippen molar-refractivity contribution < 1.29 is 9.59 Å². The average Bonchev–Trinajstić information content (AvgIpc) is 2.81. The number of ketones is 1. The first-order valence-electron chi connectivity index (χ1n) is 6.24. The largest absolute Gasteiger partial charge is 0.299 e. The molecule has 0 fully saturated rings. The Morgan fingerprint density at radius 2 is 2.05 bits per heavy atom. The zero-order valence-electron chi connectivity index (χ0n) is 11.4. The van der Waals surface area contributed by atoms with Gasteiger partial charge in [-0.1, -0.05) is 27.5 Å². The number of carbonyl (C=O) groups excluding carboxylic acids is 2. The molecule has 0 spiro atoms. The van der Waals surface area contributed by atoms with Gasteiger partial charge in [0.15, 0.2) is 0 Å². The minimum absolute atomic E-state index is 0.212. The van der Waals surface area contributed by atoms with Crippen molar-refractivity contribution in [2.75, 3.05) is 4.90 Å². The number of carbonyl (C=O) groups is 2. The van der Waals surface area contributed by atoms with E-state index in [1.54, 1.807) is 36.9 Å². The summed E-state index contributed by atoms with van der Waals surface area (Å²) < 4.78 is 2.44. The Balaban J connectivity index is 2.06. The van der Waals surface area contributed by atoms with Crippen LogP contribution in [0.2, 0.25) is 5.02 Å². The second kappa shape index (κ2) is 4.96. The van der Waals surface area contributed by atoms with Crippen molar-refractivity contribution in [3.05, 3.63) is 44.6 Å². The van der Waals surface area contributed by atoms with Gasteiger partial charge < -0.3 is 0 Å². The molecule has 0 radical (unpaired) electrons. The molecule has 0 saturated carbocycles. The van der Waals surface area contributed by atoms with E-state index in [1.807, 2.05) is 0 Å². The molecule has 3 rings (SSSR count). The summed E-state index contributed by atoms with van der Waals surface area (Å²) >= 11 is 9.58. The molecule has 0 unspecified atom stereocenters. The van der Waals surface area contributed by atoms with Crippen LogP contribution in [0.1, 0.15) is 21.7 Å². The predicted molar refractivity (Wildman–Crippen MR) is 82.6 cm³/mol. The van der Waals surface area contributed by atoms with E-state index >= 15 is 0 Å². The number of Topliss-reactive ketones (excluding diaryl/α,β-unsaturated/α-hetero) is 1. The van der Waals surface area contributed by atoms with Crippen molar-refractivity contribution in [3.8, 4) is 0 Å². The fourth-order valence-electron chi connectivity index (χ4n) is 2.43. The van der Waals surface area contributed by atoms with Gasteiger partial charge in [0.2, 0.25) is 0 Å². The van der Waals surface area contributed by atoms with Crippen molar-refractivity contribution in [2.24, 2.45) is 7.05 Å². The average molecular weight is 369 g/mol. The SMILES string of the molecule is Cc1nn(C)c(CN2C(=O)C(=O)c3ccc(Br)cc32)c1Cl. The lowest BCUT2D eigenvalue weighted by atomic mass is 10.1. The maximum atomic E-state index is 12.2. The van der Waals surface area contributed by atoms with E-state index < -0.39 is 11.7 Å². The van der Waals surface area contributed by atoms with E-state index in [0.29, 0.717) is 27.7 Å². The summed E-state index contributed by atoms with van der Waals surface area (Å²) in [6.45, 7) is 2.01. The molecule has 0 saturated heterocycles. The van der Waals surface area contributed by atoms with Crippen molar-refractivity contribution in [1.82, 2.24) is 9.78 Å². The van der Waals surface area contributed by atoms with Gasteiger partial charge in [-0.15, -0.1) is 0 Å². The molecule has 1 aromatic heterocycles. The Morgan fingerprint density at radius 1 is 1.33 bits per heavy atom. The highest BCUT2D eigenvalue weighted by molar-refractivity contribution is 9.10. The third kappa shape index (κ3) is 2.18. The molecular formula is C14H11BrClN3O2. The minimum atomic E-state index is -0.544. The second-order valence-corrected chi connectivity index (χ2v) is 6.15. The van der Waals surface area contributed by atoms with E-state index in [2.05, 4.69) is 21.0 Å². The molecule has 1 aliphatic heterocycles. The number of benzene rings is 1. The van der Waals surface area contributed by atoms with Gasteiger partial charge in [0.05, 0.1) is 34.2 Å². The fraction of sp³-hybridized carbons (Fsp3) is 0.214. The van der Waals surface area contributed by atoms with Crippen LogP contribution in [0.4, 0.5) is 5.69 Å². The summed E-state index contributed by atoms with van der Waals surface area (Å²) in [6.07, 6.45) is 0. The van der Waals surface area contributed by atoms with Crippen LogP contribution in [-0.4, -0.2) is 21.5 Å². The predicted octanol–water partition coefficient (Wildman–Crippen LogP) is 2.87. The number of amides is 1. The highest BCUT2D eigenvalue weighted by atomic mass is 79.9. The lowest BCUT2D eigenvalue weighted by Gasteiger charge is -2.17. The van der Waals surface area contributed by atoms with E-state index in [1.165, 1.54) is 4.90 Å². The molecule has 21 heavy (non-hydrogen) atoms. The molecule has 2 aromatic rings. The van der Waals surface area contributed by atoms with E-state index in [9.17, 15) is 9.59 Å². The smallest absolute Gasteiger partial charge is 0.299 e. The number of halogens is 2. The van der Waals surface area contributed by atoms with Gasteiger partial charge in [0.1, 0.15) is 0 Å². The number of hydrogen-bond donors (Lipinski definition) is 0. The van der Waals surface area contributed by atoms with Crippen LogP contribution in [0.15, 0.2) is 22.7 Å². The summed E-state index contributed by atoms with van der Waals surface area (Å²) in [5, 5.41) is 4.74. The first-order valence-corrected chi connectivity index (χ1v) is 7.41. The highest BCUT2D eigenvalue weighted by Crippen LogP contribution is 2.34. The quantitative estimate of drug-likeness (QED) is 0.766. The molecule has 0 aliphatic carbocycles. The molecule has 2 heterocycles. The van der Waals surface area contributed by atoms with Crippen molar-refractivity contribution in [1.29, 1.82) is 0 Å². The van der Waals surface area contributed by atoms with Crippen molar-refractivity contribution >= 4 is 44.9 Å². The lowest BCUT2D eigenvalue weighted by Crippen LogP contribution is -2.30. The second-order valence-electron chi connectivity index (χ2n) is 4.85. The van der Waals surface area contributed by atoms with Crippen molar-refractivity contribution in [3.63, 3.8) is 0 Å². The van der Waals surface area contributed by atoms with Gasteiger partial charge in [0, 0.05) is 11.5 Å². The number of rotatable bonds is 2. The summed E-state index contributed by atoms with van der Waals surface area (Å²) in [7, 11) is 1.76. The first-order chi connectivity index (χ1) is 9.90. The van der Waals surface area contributed by atoms with Crippen LogP contribution in [-0.2, 0) is 18.4 Å². The third-order valence-corrected chi connectivity index (χ3v) is 4.49. The number of fused-ring (bicyclic) bond motifs is 1. The van der Waals surface area contributed by atoms with E-state index in [4.69, 9.17) is 11.6 Å². The molecular weight excluding hydrogens is 358 g/mol. The molecule has 0 bridgehead atoms. The molecule has 7 heteroatoms. The van der Waals surface area contributed by atoms with Gasteiger partial charge in [0.25, 0.3) is 11.7 Å². The zero-order valence-corrected chi connectivity index (χ0v) is 13.7. The maximum absolute atomic E-state index is 12.2. The van der Waals surface area contributed by atoms with Gasteiger partial charge >= 0.3 is 0 Å². The van der Waals surface area contributed by atoms with Crippen LogP contribution >= 0.6 is 27.5 Å². The molecule has 1 aliphatic rings. The van der Waals surface area contributed by atoms with Crippen LogP contribution < -0.4 is 4.90 Å². The Morgan fingerprint density at radius 3 is 2.67 bits per heavy atom. The molecule has 1 aromatic carbocycles. The van der Waals surface area contributed by atoms with Crippen LogP contribution in [0.25, 0.3) is 0 Å². The normalized spacial score (nSPS) is 14.0. The standard InChI is InChI=1S/C14H11BrClN3O2/c1-7-12(16)11(18(2)17-7)6-19-10-5-8(15)3-4-9(10)13(20)14(19)21/h3-5H,6H2,1-2H3. The van der Waals surface area contributed by atoms with E-state index in [0.717, 1.165) is 4.47 Å². The number of hydrogen-bond acceptors (Lipinski definition) is 3. The van der Waals surface area contributed by atoms with Gasteiger partial charge in [-0.3, -0.25) is 19.2 Å². The summed E-state index contributed by atoms with van der Waals surface area (Å²) in [5.41, 5.74) is 2.40. The van der Waals surface area contributed by atoms with Gasteiger partial charge in [-0.2, -0.15) is 5.10 Å². The Labute approximate surface area is 134 Å².